The Morgan fingerprint density at radius 3 is 1.92 bits per heavy atom. The molecule has 17 nitrogen and oxygen atoms in total. The molecule has 7 N–H and O–H groups in total. The summed E-state index contributed by atoms with van der Waals surface area (Å²) >= 11 is 3.08. The van der Waals surface area contributed by atoms with E-state index in [1.54, 1.807) is 36.0 Å². The van der Waals surface area contributed by atoms with Gasteiger partial charge < -0.3 is 25.8 Å². The molecule has 0 atom stereocenters. The highest BCUT2D eigenvalue weighted by Crippen LogP contribution is 2.28. The maximum atomic E-state index is 12.6. The van der Waals surface area contributed by atoms with Crippen LogP contribution in [0.2, 0.25) is 0 Å². The number of nitrogens with one attached hydrogen (secondary N) is 7. The number of aromatic amines is 3. The van der Waals surface area contributed by atoms with Gasteiger partial charge in [0.1, 0.15) is 5.69 Å². The summed E-state index contributed by atoms with van der Waals surface area (Å²) in [7, 11) is 0. The molecule has 0 fully saturated rings. The van der Waals surface area contributed by atoms with Crippen LogP contribution in [0, 0.1) is 0 Å². The van der Waals surface area contributed by atoms with Gasteiger partial charge in [0.25, 0.3) is 23.6 Å². The van der Waals surface area contributed by atoms with Gasteiger partial charge in [0.05, 0.1) is 40.2 Å². The third-order valence-corrected chi connectivity index (χ3v) is 9.04. The Labute approximate surface area is 286 Å². The predicted molar refractivity (Wildman–Crippen MR) is 180 cm³/mol. The number of nitrogens with zero attached hydrogens (tertiary/aromatic N) is 6. The molecular formula is C30H31N13O4S2. The van der Waals surface area contributed by atoms with Gasteiger partial charge in [0.15, 0.2) is 17.1 Å². The Kier molecular flexibility index (Phi) is 10.6. The molecule has 4 amide bonds. The fourth-order valence-corrected chi connectivity index (χ4v) is 6.24. The minimum atomic E-state index is -0.340. The fraction of sp³-hybridized carbons (Fsp3) is 0.233. The number of carbonyl (C=O) groups excluding carboxylic acids is 4. The standard InChI is InChI=1S/C30H31N13O4S2/c44-27(21-12-19(37-39-21)25-4-1-11-48-25)31-8-3-10-34-30(47)24-16-43(17-35-24)15-18-5-6-26(49-18)20-13-22(40-38-20)28(45)32-7-2-9-33-29(46)23-14-36-42-41-23/h1,4-6,11-14,16-17H,2-3,7-10,15H2,(H,31,44)(H,32,45)(H,33,46)(H,34,47)(H,37,39)(H,38,40)(H,36,41,42). The maximum absolute atomic E-state index is 12.6. The first-order valence-electron chi connectivity index (χ1n) is 15.2. The van der Waals surface area contributed by atoms with Crippen LogP contribution in [0.4, 0.5) is 0 Å². The lowest BCUT2D eigenvalue weighted by molar-refractivity contribution is 0.0930. The fourth-order valence-electron chi connectivity index (χ4n) is 4.57. The molecule has 0 spiro atoms. The van der Waals surface area contributed by atoms with Gasteiger partial charge in [0.2, 0.25) is 0 Å². The van der Waals surface area contributed by atoms with E-state index >= 15 is 0 Å². The van der Waals surface area contributed by atoms with Gasteiger partial charge in [-0.1, -0.05) is 6.07 Å². The quantitative estimate of drug-likeness (QED) is 0.0731. The third-order valence-electron chi connectivity index (χ3n) is 7.04. The van der Waals surface area contributed by atoms with E-state index in [0.717, 1.165) is 20.3 Å². The first-order chi connectivity index (χ1) is 23.9. The van der Waals surface area contributed by atoms with Crippen molar-refractivity contribution in [1.29, 1.82) is 0 Å². The van der Waals surface area contributed by atoms with Crippen molar-refractivity contribution in [2.75, 3.05) is 26.2 Å². The van der Waals surface area contributed by atoms with E-state index in [-0.39, 0.29) is 35.0 Å². The molecule has 49 heavy (non-hydrogen) atoms. The van der Waals surface area contributed by atoms with E-state index in [1.807, 2.05) is 34.2 Å². The van der Waals surface area contributed by atoms with Crippen molar-refractivity contribution < 1.29 is 19.2 Å². The van der Waals surface area contributed by atoms with Crippen molar-refractivity contribution in [3.63, 3.8) is 0 Å². The Balaban J connectivity index is 0.887. The number of carbonyl (C=O) groups is 4. The zero-order chi connectivity index (χ0) is 34.0. The molecule has 0 bridgehead atoms. The van der Waals surface area contributed by atoms with Gasteiger partial charge in [-0.3, -0.25) is 29.4 Å². The molecule has 0 radical (unpaired) electrons. The lowest BCUT2D eigenvalue weighted by Crippen LogP contribution is -2.30. The van der Waals surface area contributed by atoms with Crippen molar-refractivity contribution in [2.24, 2.45) is 0 Å². The molecule has 0 aromatic carbocycles. The number of hydrogen-bond acceptors (Lipinski definition) is 11. The number of aromatic nitrogens is 9. The second-order valence-corrected chi connectivity index (χ2v) is 12.7. The van der Waals surface area contributed by atoms with Crippen molar-refractivity contribution in [3.05, 3.63) is 88.2 Å². The monoisotopic (exact) mass is 701 g/mol. The topological polar surface area (TPSA) is 233 Å². The molecule has 6 aromatic heterocycles. The van der Waals surface area contributed by atoms with E-state index in [4.69, 9.17) is 0 Å². The van der Waals surface area contributed by atoms with E-state index < -0.39 is 0 Å². The Hall–Kier alpha value is -5.95. The second-order valence-electron chi connectivity index (χ2n) is 10.6. The summed E-state index contributed by atoms with van der Waals surface area (Å²) in [4.78, 5) is 56.5. The number of H-pyrrole nitrogens is 3. The first kappa shape index (κ1) is 33.0. The van der Waals surface area contributed by atoms with Crippen LogP contribution in [-0.2, 0) is 6.54 Å². The molecule has 0 unspecified atom stereocenters. The van der Waals surface area contributed by atoms with Gasteiger partial charge in [-0.25, -0.2) is 4.98 Å². The Morgan fingerprint density at radius 1 is 0.714 bits per heavy atom. The molecule has 0 saturated carbocycles. The number of rotatable bonds is 16. The molecular weight excluding hydrogens is 671 g/mol. The van der Waals surface area contributed by atoms with E-state index in [2.05, 4.69) is 62.1 Å². The highest BCUT2D eigenvalue weighted by atomic mass is 32.1. The van der Waals surface area contributed by atoms with Gasteiger partial charge >= 0.3 is 0 Å². The van der Waals surface area contributed by atoms with E-state index in [1.165, 1.54) is 17.5 Å². The predicted octanol–water partition coefficient (Wildman–Crippen LogP) is 2.05. The van der Waals surface area contributed by atoms with Gasteiger partial charge in [-0.2, -0.15) is 25.6 Å². The zero-order valence-corrected chi connectivity index (χ0v) is 27.5. The summed E-state index contributed by atoms with van der Waals surface area (Å²) in [6.45, 7) is 1.98. The van der Waals surface area contributed by atoms with Crippen LogP contribution in [0.15, 0.2) is 60.5 Å². The smallest absolute Gasteiger partial charge is 0.273 e. The van der Waals surface area contributed by atoms with Crippen LogP contribution >= 0.6 is 22.7 Å². The normalized spacial score (nSPS) is 10.9. The Bertz CT molecular complexity index is 2010. The molecule has 0 aliphatic heterocycles. The molecule has 252 valence electrons. The maximum Gasteiger partial charge on any atom is 0.273 e. The van der Waals surface area contributed by atoms with Crippen molar-refractivity contribution in [1.82, 2.24) is 66.6 Å². The Morgan fingerprint density at radius 2 is 1.33 bits per heavy atom. The summed E-state index contributed by atoms with van der Waals surface area (Å²) < 4.78 is 1.82. The molecule has 0 aliphatic carbocycles. The second kappa shape index (κ2) is 15.8. The summed E-state index contributed by atoms with van der Waals surface area (Å²) in [6.07, 6.45) is 5.68. The van der Waals surface area contributed by atoms with Crippen LogP contribution in [0.3, 0.4) is 0 Å². The SMILES string of the molecule is O=C(NCCCNC(=O)c1cc(-c2cccs2)[nH]n1)c1cn(Cc2ccc(-c3cc(C(=O)NCCCNC(=O)c4cn[nH]n4)n[nH]3)s2)cn1. The van der Waals surface area contributed by atoms with Crippen LogP contribution in [0.25, 0.3) is 21.1 Å². The zero-order valence-electron chi connectivity index (χ0n) is 25.9. The van der Waals surface area contributed by atoms with E-state index in [9.17, 15) is 19.2 Å². The van der Waals surface area contributed by atoms with Gasteiger partial charge in [0, 0.05) is 37.3 Å². The van der Waals surface area contributed by atoms with Crippen molar-refractivity contribution in [2.45, 2.75) is 19.4 Å². The number of hydrogen-bond donors (Lipinski definition) is 7. The number of amides is 4. The van der Waals surface area contributed by atoms with Crippen LogP contribution in [-0.4, -0.2) is 95.2 Å². The first-order valence-corrected chi connectivity index (χ1v) is 16.9. The molecule has 6 heterocycles. The molecule has 0 saturated heterocycles. The summed E-state index contributed by atoms with van der Waals surface area (Å²) in [5.41, 5.74) is 2.55. The van der Waals surface area contributed by atoms with Crippen molar-refractivity contribution >= 4 is 46.3 Å². The molecule has 6 aromatic rings. The van der Waals surface area contributed by atoms with Gasteiger partial charge in [-0.05, 0) is 48.6 Å². The summed E-state index contributed by atoms with van der Waals surface area (Å²) in [5.74, 6) is -1.25. The minimum absolute atomic E-state index is 0.199. The largest absolute Gasteiger partial charge is 0.351 e. The number of imidazole rings is 1. The summed E-state index contributed by atoms with van der Waals surface area (Å²) in [6, 6.07) is 11.2. The highest BCUT2D eigenvalue weighted by molar-refractivity contribution is 7.15. The van der Waals surface area contributed by atoms with Gasteiger partial charge in [-0.15, -0.1) is 22.7 Å². The van der Waals surface area contributed by atoms with Crippen LogP contribution in [0.5, 0.6) is 0 Å². The van der Waals surface area contributed by atoms with Crippen molar-refractivity contribution in [3.8, 4) is 21.1 Å². The minimum Gasteiger partial charge on any atom is -0.351 e. The number of thiophene rings is 2. The van der Waals surface area contributed by atoms with Crippen LogP contribution < -0.4 is 21.3 Å². The molecule has 19 heteroatoms. The molecule has 6 rings (SSSR count). The molecule has 0 aliphatic rings. The third kappa shape index (κ3) is 8.70. The lowest BCUT2D eigenvalue weighted by atomic mass is 10.3. The highest BCUT2D eigenvalue weighted by Gasteiger charge is 2.15. The summed E-state index contributed by atoms with van der Waals surface area (Å²) in [5, 5.41) is 36.8. The van der Waals surface area contributed by atoms with E-state index in [0.29, 0.717) is 62.6 Å². The average molecular weight is 702 g/mol. The lowest BCUT2D eigenvalue weighted by Gasteiger charge is -2.04. The average Bonchev–Trinajstić information content (AvgIpc) is 3.95. The van der Waals surface area contributed by atoms with Crippen LogP contribution in [0.1, 0.15) is 59.7 Å².